The van der Waals surface area contributed by atoms with E-state index in [4.69, 9.17) is 27.9 Å². The first-order chi connectivity index (χ1) is 13.0. The SMILES string of the molecule is O=C(Nc1cc([N+](=O)[O-])ccc1Cl)c1ccnn1COc1ccccc1Cl. The fourth-order valence-electron chi connectivity index (χ4n) is 2.23. The first kappa shape index (κ1) is 18.7. The lowest BCUT2D eigenvalue weighted by Gasteiger charge is -2.11. The number of nitro groups is 1. The van der Waals surface area contributed by atoms with E-state index in [1.807, 2.05) is 0 Å². The fourth-order valence-corrected chi connectivity index (χ4v) is 2.58. The van der Waals surface area contributed by atoms with Crippen LogP contribution >= 0.6 is 23.2 Å². The summed E-state index contributed by atoms with van der Waals surface area (Å²) in [5.41, 5.74) is 0.116. The van der Waals surface area contributed by atoms with Gasteiger partial charge in [0.25, 0.3) is 11.6 Å². The maximum Gasteiger partial charge on any atom is 0.274 e. The van der Waals surface area contributed by atoms with Crippen LogP contribution in [0, 0.1) is 10.1 Å². The van der Waals surface area contributed by atoms with E-state index in [1.165, 1.54) is 35.1 Å². The minimum Gasteiger partial charge on any atom is -0.470 e. The molecule has 3 rings (SSSR count). The van der Waals surface area contributed by atoms with Crippen LogP contribution in [-0.4, -0.2) is 20.6 Å². The van der Waals surface area contributed by atoms with Crippen LogP contribution in [0.3, 0.4) is 0 Å². The Bertz CT molecular complexity index is 1010. The molecule has 1 N–H and O–H groups in total. The third-order valence-corrected chi connectivity index (χ3v) is 4.18. The monoisotopic (exact) mass is 406 g/mol. The van der Waals surface area contributed by atoms with Crippen LogP contribution in [0.4, 0.5) is 11.4 Å². The number of carbonyl (C=O) groups is 1. The van der Waals surface area contributed by atoms with Crippen LogP contribution in [0.5, 0.6) is 5.75 Å². The van der Waals surface area contributed by atoms with Gasteiger partial charge in [-0.25, -0.2) is 4.68 Å². The quantitative estimate of drug-likeness (QED) is 0.483. The number of amides is 1. The molecule has 0 unspecified atom stereocenters. The highest BCUT2D eigenvalue weighted by atomic mass is 35.5. The number of ether oxygens (including phenoxy) is 1. The van der Waals surface area contributed by atoms with Gasteiger partial charge in [-0.05, 0) is 24.3 Å². The van der Waals surface area contributed by atoms with Crippen molar-refractivity contribution in [1.29, 1.82) is 0 Å². The predicted octanol–water partition coefficient (Wildman–Crippen LogP) is 4.39. The van der Waals surface area contributed by atoms with Crippen LogP contribution < -0.4 is 10.1 Å². The lowest BCUT2D eigenvalue weighted by atomic mass is 10.2. The number of halogens is 2. The molecule has 0 aliphatic rings. The van der Waals surface area contributed by atoms with Gasteiger partial charge in [0.1, 0.15) is 11.4 Å². The molecule has 0 aliphatic carbocycles. The number of rotatable bonds is 6. The molecule has 138 valence electrons. The van der Waals surface area contributed by atoms with Gasteiger partial charge in [0.05, 0.1) is 20.7 Å². The topological polar surface area (TPSA) is 99.3 Å². The summed E-state index contributed by atoms with van der Waals surface area (Å²) >= 11 is 12.0. The van der Waals surface area contributed by atoms with Gasteiger partial charge in [-0.15, -0.1) is 0 Å². The van der Waals surface area contributed by atoms with E-state index in [-0.39, 0.29) is 28.8 Å². The summed E-state index contributed by atoms with van der Waals surface area (Å²) < 4.78 is 6.89. The molecule has 2 aromatic carbocycles. The normalized spacial score (nSPS) is 10.4. The standard InChI is InChI=1S/C17H12Cl2N4O4/c18-12-6-5-11(23(25)26)9-14(12)21-17(24)15-7-8-20-22(15)10-27-16-4-2-1-3-13(16)19/h1-9H,10H2,(H,21,24). The fraction of sp³-hybridized carbons (Fsp3) is 0.0588. The third kappa shape index (κ3) is 4.36. The zero-order valence-electron chi connectivity index (χ0n) is 13.6. The number of benzene rings is 2. The summed E-state index contributed by atoms with van der Waals surface area (Å²) in [7, 11) is 0. The van der Waals surface area contributed by atoms with Crippen molar-refractivity contribution in [3.05, 3.63) is 80.6 Å². The molecule has 1 amide bonds. The van der Waals surface area contributed by atoms with Gasteiger partial charge in [0.2, 0.25) is 0 Å². The lowest BCUT2D eigenvalue weighted by molar-refractivity contribution is -0.384. The second-order valence-corrected chi connectivity index (χ2v) is 6.11. The molecule has 0 saturated heterocycles. The Kier molecular flexibility index (Phi) is 5.58. The molecule has 3 aromatic rings. The van der Waals surface area contributed by atoms with Gasteiger partial charge in [-0.1, -0.05) is 35.3 Å². The minimum absolute atomic E-state index is 0.0534. The number of nitro benzene ring substituents is 1. The zero-order chi connectivity index (χ0) is 19.4. The number of para-hydroxylation sites is 1. The van der Waals surface area contributed by atoms with Gasteiger partial charge in [0.15, 0.2) is 6.73 Å². The summed E-state index contributed by atoms with van der Waals surface area (Å²) in [5.74, 6) is -0.0968. The summed E-state index contributed by atoms with van der Waals surface area (Å²) in [6.07, 6.45) is 1.43. The summed E-state index contributed by atoms with van der Waals surface area (Å²) in [6.45, 7) is -0.0534. The average molecular weight is 407 g/mol. The maximum atomic E-state index is 12.5. The Hall–Kier alpha value is -3.10. The van der Waals surface area contributed by atoms with Crippen LogP contribution in [0.25, 0.3) is 0 Å². The van der Waals surface area contributed by atoms with E-state index in [2.05, 4.69) is 10.4 Å². The molecule has 27 heavy (non-hydrogen) atoms. The molecule has 0 fully saturated rings. The van der Waals surface area contributed by atoms with Crippen molar-refractivity contribution < 1.29 is 14.5 Å². The maximum absolute atomic E-state index is 12.5. The molecule has 0 spiro atoms. The van der Waals surface area contributed by atoms with Gasteiger partial charge < -0.3 is 10.1 Å². The van der Waals surface area contributed by atoms with Gasteiger partial charge in [0, 0.05) is 18.3 Å². The highest BCUT2D eigenvalue weighted by molar-refractivity contribution is 6.34. The molecule has 0 aliphatic heterocycles. The molecule has 10 heteroatoms. The van der Waals surface area contributed by atoms with Gasteiger partial charge >= 0.3 is 0 Å². The highest BCUT2D eigenvalue weighted by Crippen LogP contribution is 2.27. The smallest absolute Gasteiger partial charge is 0.274 e. The van der Waals surface area contributed by atoms with E-state index >= 15 is 0 Å². The third-order valence-electron chi connectivity index (χ3n) is 3.54. The van der Waals surface area contributed by atoms with E-state index < -0.39 is 10.8 Å². The summed E-state index contributed by atoms with van der Waals surface area (Å²) in [4.78, 5) is 22.8. The number of hydrogen-bond donors (Lipinski definition) is 1. The summed E-state index contributed by atoms with van der Waals surface area (Å²) in [5, 5.41) is 18.1. The Morgan fingerprint density at radius 3 is 2.70 bits per heavy atom. The number of anilines is 1. The van der Waals surface area contributed by atoms with Gasteiger partial charge in [-0.3, -0.25) is 14.9 Å². The molecule has 0 radical (unpaired) electrons. The molecular weight excluding hydrogens is 395 g/mol. The molecule has 0 atom stereocenters. The molecule has 0 bridgehead atoms. The molecular formula is C17H12Cl2N4O4. The Labute approximate surface area is 163 Å². The zero-order valence-corrected chi connectivity index (χ0v) is 15.1. The highest BCUT2D eigenvalue weighted by Gasteiger charge is 2.16. The predicted molar refractivity (Wildman–Crippen MR) is 100 cm³/mol. The van der Waals surface area contributed by atoms with Crippen LogP contribution in [-0.2, 0) is 6.73 Å². The van der Waals surface area contributed by atoms with Crippen LogP contribution in [0.15, 0.2) is 54.7 Å². The van der Waals surface area contributed by atoms with E-state index in [0.717, 1.165) is 0 Å². The van der Waals surface area contributed by atoms with Crippen molar-refractivity contribution in [2.45, 2.75) is 6.73 Å². The van der Waals surface area contributed by atoms with E-state index in [0.29, 0.717) is 10.8 Å². The van der Waals surface area contributed by atoms with Crippen LogP contribution in [0.2, 0.25) is 10.0 Å². The lowest BCUT2D eigenvalue weighted by Crippen LogP contribution is -2.20. The second-order valence-electron chi connectivity index (χ2n) is 5.30. The van der Waals surface area contributed by atoms with Crippen molar-refractivity contribution in [3.8, 4) is 5.75 Å². The number of carbonyl (C=O) groups excluding carboxylic acids is 1. The number of nitrogens with zero attached hydrogens (tertiary/aromatic N) is 3. The molecule has 1 heterocycles. The van der Waals surface area contributed by atoms with E-state index in [1.54, 1.807) is 24.3 Å². The van der Waals surface area contributed by atoms with Gasteiger partial charge in [-0.2, -0.15) is 5.10 Å². The van der Waals surface area contributed by atoms with Crippen molar-refractivity contribution in [3.63, 3.8) is 0 Å². The first-order valence-electron chi connectivity index (χ1n) is 7.60. The molecule has 8 nitrogen and oxygen atoms in total. The van der Waals surface area contributed by atoms with Crippen molar-refractivity contribution in [2.75, 3.05) is 5.32 Å². The Morgan fingerprint density at radius 1 is 1.19 bits per heavy atom. The molecule has 1 aromatic heterocycles. The Morgan fingerprint density at radius 2 is 1.96 bits per heavy atom. The van der Waals surface area contributed by atoms with Crippen molar-refractivity contribution in [1.82, 2.24) is 9.78 Å². The molecule has 0 saturated carbocycles. The number of hydrogen-bond acceptors (Lipinski definition) is 5. The minimum atomic E-state index is -0.576. The first-order valence-corrected chi connectivity index (χ1v) is 8.35. The van der Waals surface area contributed by atoms with E-state index in [9.17, 15) is 14.9 Å². The second kappa shape index (κ2) is 8.07. The number of nitrogens with one attached hydrogen (secondary N) is 1. The summed E-state index contributed by atoms with van der Waals surface area (Å²) in [6, 6.07) is 12.2. The van der Waals surface area contributed by atoms with Crippen LogP contribution in [0.1, 0.15) is 10.5 Å². The number of aromatic nitrogens is 2. The number of non-ortho nitro benzene ring substituents is 1. The largest absolute Gasteiger partial charge is 0.470 e. The van der Waals surface area contributed by atoms with Crippen molar-refractivity contribution in [2.24, 2.45) is 0 Å². The Balaban J connectivity index is 1.75. The van der Waals surface area contributed by atoms with Crippen molar-refractivity contribution >= 4 is 40.5 Å². The average Bonchev–Trinajstić information content (AvgIpc) is 3.11.